The highest BCUT2D eigenvalue weighted by Gasteiger charge is 2.30. The van der Waals surface area contributed by atoms with Gasteiger partial charge in [0.2, 0.25) is 0 Å². The van der Waals surface area contributed by atoms with E-state index in [1.807, 2.05) is 0 Å². The van der Waals surface area contributed by atoms with Crippen LogP contribution in [0.3, 0.4) is 0 Å². The molecule has 0 atom stereocenters. The van der Waals surface area contributed by atoms with Crippen LogP contribution < -0.4 is 4.31 Å². The van der Waals surface area contributed by atoms with E-state index >= 15 is 0 Å². The molecular weight excluding hydrogens is 394 g/mol. The highest BCUT2D eigenvalue weighted by Crippen LogP contribution is 2.28. The van der Waals surface area contributed by atoms with Crippen LogP contribution in [-0.2, 0) is 19.6 Å². The second-order valence-corrected chi connectivity index (χ2v) is 7.29. The maximum atomic E-state index is 13.2. The molecule has 2 aromatic rings. The first-order chi connectivity index (χ1) is 11.8. The van der Waals surface area contributed by atoms with Crippen molar-refractivity contribution in [3.05, 3.63) is 52.5 Å². The lowest BCUT2D eigenvalue weighted by Gasteiger charge is -2.23. The largest absolute Gasteiger partial charge is 0.465 e. The van der Waals surface area contributed by atoms with Crippen LogP contribution in [-0.4, -0.2) is 32.5 Å². The quantitative estimate of drug-likeness (QED) is 0.543. The average Bonchev–Trinajstić information content (AvgIpc) is 2.53. The Labute approximate surface area is 154 Å². The van der Waals surface area contributed by atoms with E-state index in [2.05, 4.69) is 4.98 Å². The minimum atomic E-state index is -4.27. The van der Waals surface area contributed by atoms with Crippen LogP contribution in [0, 0.1) is 5.82 Å². The molecule has 2 rings (SSSR count). The molecule has 0 unspecified atom stereocenters. The van der Waals surface area contributed by atoms with E-state index in [-0.39, 0.29) is 27.5 Å². The van der Waals surface area contributed by atoms with Crippen molar-refractivity contribution in [3.63, 3.8) is 0 Å². The van der Waals surface area contributed by atoms with Crippen molar-refractivity contribution in [1.82, 2.24) is 4.98 Å². The first-order valence-corrected chi connectivity index (χ1v) is 9.21. The van der Waals surface area contributed by atoms with Crippen LogP contribution in [0.4, 0.5) is 10.1 Å². The highest BCUT2D eigenvalue weighted by atomic mass is 35.5. The Morgan fingerprint density at radius 3 is 2.40 bits per heavy atom. The van der Waals surface area contributed by atoms with Gasteiger partial charge in [0.05, 0.1) is 12.3 Å². The van der Waals surface area contributed by atoms with E-state index in [4.69, 9.17) is 27.9 Å². The molecule has 0 fully saturated rings. The lowest BCUT2D eigenvalue weighted by atomic mass is 10.3. The highest BCUT2D eigenvalue weighted by molar-refractivity contribution is 7.93. The molecule has 6 nitrogen and oxygen atoms in total. The topological polar surface area (TPSA) is 76.6 Å². The third kappa shape index (κ3) is 4.59. The normalized spacial score (nSPS) is 11.2. The number of ether oxygens (including phenoxy) is 1. The lowest BCUT2D eigenvalue weighted by molar-refractivity contribution is -0.141. The maximum Gasteiger partial charge on any atom is 0.326 e. The van der Waals surface area contributed by atoms with Crippen molar-refractivity contribution < 1.29 is 22.3 Å². The number of halogens is 3. The zero-order chi connectivity index (χ0) is 18.6. The Kier molecular flexibility index (Phi) is 6.21. The van der Waals surface area contributed by atoms with Gasteiger partial charge in [0, 0.05) is 0 Å². The summed E-state index contributed by atoms with van der Waals surface area (Å²) in [5.41, 5.74) is 0.0699. The van der Waals surface area contributed by atoms with Crippen LogP contribution >= 0.6 is 23.2 Å². The molecule has 134 valence electrons. The molecule has 0 aliphatic rings. The molecular formula is C15H13Cl2FN2O4S. The summed E-state index contributed by atoms with van der Waals surface area (Å²) in [5, 5.41) is -0.328. The summed E-state index contributed by atoms with van der Waals surface area (Å²) < 4.78 is 44.6. The summed E-state index contributed by atoms with van der Waals surface area (Å²) in [4.78, 5) is 15.2. The fraction of sp³-hybridized carbons (Fsp3) is 0.200. The number of hydrogen-bond donors (Lipinski definition) is 0. The monoisotopic (exact) mass is 406 g/mol. The Hall–Kier alpha value is -1.90. The minimum absolute atomic E-state index is 0.0164. The molecule has 0 saturated heterocycles. The van der Waals surface area contributed by atoms with Crippen molar-refractivity contribution >= 4 is 44.9 Å². The van der Waals surface area contributed by atoms with Gasteiger partial charge in [0.25, 0.3) is 10.0 Å². The van der Waals surface area contributed by atoms with E-state index < -0.39 is 28.4 Å². The Morgan fingerprint density at radius 2 is 1.84 bits per heavy atom. The van der Waals surface area contributed by atoms with Crippen molar-refractivity contribution in [2.24, 2.45) is 0 Å². The zero-order valence-corrected chi connectivity index (χ0v) is 15.3. The molecule has 10 heteroatoms. The van der Waals surface area contributed by atoms with Gasteiger partial charge in [-0.3, -0.25) is 9.10 Å². The van der Waals surface area contributed by atoms with Gasteiger partial charge in [-0.1, -0.05) is 23.2 Å². The summed E-state index contributed by atoms with van der Waals surface area (Å²) >= 11 is 11.6. The predicted octanol–water partition coefficient (Wildman–Crippen LogP) is 3.29. The molecule has 0 bridgehead atoms. The lowest BCUT2D eigenvalue weighted by Crippen LogP contribution is -2.36. The number of benzene rings is 1. The van der Waals surface area contributed by atoms with E-state index in [0.29, 0.717) is 0 Å². The van der Waals surface area contributed by atoms with Gasteiger partial charge >= 0.3 is 5.97 Å². The maximum absolute atomic E-state index is 13.2. The molecule has 0 aliphatic heterocycles. The number of hydrogen-bond acceptors (Lipinski definition) is 5. The number of carbonyl (C=O) groups excluding carboxylic acids is 1. The second kappa shape index (κ2) is 7.99. The smallest absolute Gasteiger partial charge is 0.326 e. The van der Waals surface area contributed by atoms with E-state index in [9.17, 15) is 17.6 Å². The molecule has 0 aliphatic carbocycles. The second-order valence-electron chi connectivity index (χ2n) is 4.72. The fourth-order valence-electron chi connectivity index (χ4n) is 1.96. The number of aromatic nitrogens is 1. The molecule has 1 aromatic carbocycles. The number of pyridine rings is 1. The molecule has 0 spiro atoms. The summed E-state index contributed by atoms with van der Waals surface area (Å²) in [7, 11) is -4.27. The van der Waals surface area contributed by atoms with Gasteiger partial charge in [0.15, 0.2) is 5.15 Å². The Morgan fingerprint density at radius 1 is 1.20 bits per heavy atom. The average molecular weight is 407 g/mol. The molecule has 0 saturated carbocycles. The summed E-state index contributed by atoms with van der Waals surface area (Å²) in [6.45, 7) is 1.06. The first-order valence-electron chi connectivity index (χ1n) is 7.01. The number of anilines is 1. The van der Waals surface area contributed by atoms with Crippen molar-refractivity contribution in [3.8, 4) is 0 Å². The van der Waals surface area contributed by atoms with Gasteiger partial charge in [-0.2, -0.15) is 0 Å². The van der Waals surface area contributed by atoms with Crippen LogP contribution in [0.1, 0.15) is 6.92 Å². The minimum Gasteiger partial charge on any atom is -0.465 e. The number of nitrogens with zero attached hydrogens (tertiary/aromatic N) is 2. The van der Waals surface area contributed by atoms with E-state index in [0.717, 1.165) is 16.4 Å². The molecule has 1 aromatic heterocycles. The number of rotatable bonds is 6. The Bertz CT molecular complexity index is 876. The van der Waals surface area contributed by atoms with Crippen LogP contribution in [0.15, 0.2) is 41.3 Å². The van der Waals surface area contributed by atoms with Crippen LogP contribution in [0.5, 0.6) is 0 Å². The molecule has 1 heterocycles. The van der Waals surface area contributed by atoms with Crippen molar-refractivity contribution in [2.75, 3.05) is 17.5 Å². The van der Waals surface area contributed by atoms with Crippen LogP contribution in [0.2, 0.25) is 10.3 Å². The molecule has 0 radical (unpaired) electrons. The van der Waals surface area contributed by atoms with Crippen LogP contribution in [0.25, 0.3) is 0 Å². The SMILES string of the molecule is CCOC(=O)CN(c1ccc(F)cc1)S(=O)(=O)c1ccc(Cl)nc1Cl. The third-order valence-electron chi connectivity index (χ3n) is 3.04. The standard InChI is InChI=1S/C15H13Cl2FN2O4S/c1-2-24-14(21)9-20(11-5-3-10(18)4-6-11)25(22,23)12-7-8-13(16)19-15(12)17/h3-8H,2,9H2,1H3. The molecule has 0 N–H and O–H groups in total. The summed E-state index contributed by atoms with van der Waals surface area (Å²) in [6, 6.07) is 7.03. The molecule has 25 heavy (non-hydrogen) atoms. The Balaban J connectivity index is 2.52. The number of carbonyl (C=O) groups is 1. The van der Waals surface area contributed by atoms with Gasteiger partial charge in [-0.15, -0.1) is 0 Å². The number of esters is 1. The summed E-state index contributed by atoms with van der Waals surface area (Å²) in [6.07, 6.45) is 0. The molecule has 0 amide bonds. The third-order valence-corrected chi connectivity index (χ3v) is 5.46. The number of sulfonamides is 1. The summed E-state index contributed by atoms with van der Waals surface area (Å²) in [5.74, 6) is -1.32. The van der Waals surface area contributed by atoms with Crippen molar-refractivity contribution in [1.29, 1.82) is 0 Å². The van der Waals surface area contributed by atoms with Gasteiger partial charge in [0.1, 0.15) is 22.4 Å². The van der Waals surface area contributed by atoms with Crippen molar-refractivity contribution in [2.45, 2.75) is 11.8 Å². The fourth-order valence-corrected chi connectivity index (χ4v) is 4.00. The van der Waals surface area contributed by atoms with E-state index in [1.54, 1.807) is 6.92 Å². The first kappa shape index (κ1) is 19.4. The zero-order valence-electron chi connectivity index (χ0n) is 12.9. The van der Waals surface area contributed by atoms with Gasteiger partial charge in [-0.25, -0.2) is 17.8 Å². The van der Waals surface area contributed by atoms with Gasteiger partial charge in [-0.05, 0) is 43.3 Å². The van der Waals surface area contributed by atoms with E-state index in [1.165, 1.54) is 24.3 Å². The van der Waals surface area contributed by atoms with Gasteiger partial charge < -0.3 is 4.74 Å². The predicted molar refractivity (Wildman–Crippen MR) is 91.8 cm³/mol.